The number of para-hydroxylation sites is 1. The highest BCUT2D eigenvalue weighted by atomic mass is 32.1. The third kappa shape index (κ3) is 4.90. The Hall–Kier alpha value is -2.97. The normalized spacial score (nSPS) is 10.6. The van der Waals surface area contributed by atoms with Gasteiger partial charge in [-0.3, -0.25) is 0 Å². The van der Waals surface area contributed by atoms with E-state index in [9.17, 15) is 0 Å². The molecular weight excluding hydrogens is 388 g/mol. The Morgan fingerprint density at radius 2 is 1.76 bits per heavy atom. The van der Waals surface area contributed by atoms with Crippen molar-refractivity contribution in [3.8, 4) is 11.5 Å². The maximum Gasteiger partial charge on any atom is 0.176 e. The molecule has 29 heavy (non-hydrogen) atoms. The number of nitrogens with one attached hydrogen (secondary N) is 2. The molecule has 0 fully saturated rings. The van der Waals surface area contributed by atoms with E-state index in [4.69, 9.17) is 26.4 Å². The van der Waals surface area contributed by atoms with Crippen LogP contribution in [0.4, 0.5) is 11.5 Å². The number of hydrogen-bond acceptors (Lipinski definition) is 6. The van der Waals surface area contributed by atoms with Gasteiger partial charge in [-0.2, -0.15) is 0 Å². The van der Waals surface area contributed by atoms with Gasteiger partial charge in [-0.15, -0.1) is 0 Å². The van der Waals surface area contributed by atoms with Gasteiger partial charge in [0.15, 0.2) is 16.6 Å². The second-order valence-corrected chi connectivity index (χ2v) is 6.84. The predicted octanol–water partition coefficient (Wildman–Crippen LogP) is 4.09. The fraction of sp³-hybridized carbons (Fsp3) is 0.286. The SMILES string of the molecule is COCCOc1cc2c(NC(=S)Nc3c(C)cccc3C)ncnc2cc1OC. The Kier molecular flexibility index (Phi) is 6.79. The minimum absolute atomic E-state index is 0.404. The van der Waals surface area contributed by atoms with E-state index in [1.165, 1.54) is 6.33 Å². The number of thiocarbonyl (C=S) groups is 1. The molecule has 2 N–H and O–H groups in total. The van der Waals surface area contributed by atoms with Crippen molar-refractivity contribution < 1.29 is 14.2 Å². The summed E-state index contributed by atoms with van der Waals surface area (Å²) in [5, 5.41) is 7.64. The summed E-state index contributed by atoms with van der Waals surface area (Å²) in [5.74, 6) is 1.76. The van der Waals surface area contributed by atoms with Gasteiger partial charge in [0, 0.05) is 24.2 Å². The summed E-state index contributed by atoms with van der Waals surface area (Å²) in [4.78, 5) is 8.69. The zero-order chi connectivity index (χ0) is 20.8. The average molecular weight is 413 g/mol. The van der Waals surface area contributed by atoms with Crippen molar-refractivity contribution in [2.75, 3.05) is 38.1 Å². The molecule has 0 aliphatic heterocycles. The van der Waals surface area contributed by atoms with Gasteiger partial charge in [-0.1, -0.05) is 18.2 Å². The van der Waals surface area contributed by atoms with E-state index in [1.54, 1.807) is 14.2 Å². The van der Waals surface area contributed by atoms with Gasteiger partial charge < -0.3 is 24.8 Å². The first-order valence-electron chi connectivity index (χ1n) is 9.12. The Balaban J connectivity index is 1.88. The number of hydrogen-bond donors (Lipinski definition) is 2. The van der Waals surface area contributed by atoms with E-state index < -0.39 is 0 Å². The molecule has 0 aliphatic carbocycles. The fourth-order valence-electron chi connectivity index (χ4n) is 2.93. The smallest absolute Gasteiger partial charge is 0.176 e. The van der Waals surface area contributed by atoms with Crippen molar-refractivity contribution in [1.82, 2.24) is 9.97 Å². The van der Waals surface area contributed by atoms with E-state index in [0.717, 1.165) is 22.2 Å². The number of anilines is 2. The Labute approximate surface area is 175 Å². The number of ether oxygens (including phenoxy) is 3. The Bertz CT molecular complexity index is 1010. The van der Waals surface area contributed by atoms with E-state index >= 15 is 0 Å². The average Bonchev–Trinajstić information content (AvgIpc) is 2.71. The van der Waals surface area contributed by atoms with Gasteiger partial charge in [-0.05, 0) is 43.3 Å². The summed E-state index contributed by atoms with van der Waals surface area (Å²) in [6.45, 7) is 4.95. The van der Waals surface area contributed by atoms with Gasteiger partial charge in [0.2, 0.25) is 0 Å². The van der Waals surface area contributed by atoms with Gasteiger partial charge in [0.25, 0.3) is 0 Å². The third-order valence-electron chi connectivity index (χ3n) is 4.42. The molecule has 0 amide bonds. The first-order valence-corrected chi connectivity index (χ1v) is 9.53. The van der Waals surface area contributed by atoms with Crippen LogP contribution in [-0.2, 0) is 4.74 Å². The number of rotatable bonds is 7. The quantitative estimate of drug-likeness (QED) is 0.444. The standard InChI is InChI=1S/C21H24N4O3S/c1-13-6-5-7-14(2)19(13)24-21(29)25-20-15-10-18(28-9-8-26-3)17(27-4)11-16(15)22-12-23-20/h5-7,10-12H,8-9H2,1-4H3,(H2,22,23,24,25,29). The lowest BCUT2D eigenvalue weighted by molar-refractivity contribution is 0.144. The second-order valence-electron chi connectivity index (χ2n) is 6.43. The molecule has 0 radical (unpaired) electrons. The molecule has 0 unspecified atom stereocenters. The molecule has 8 heteroatoms. The number of benzene rings is 2. The van der Waals surface area contributed by atoms with Crippen LogP contribution in [0.3, 0.4) is 0 Å². The fourth-order valence-corrected chi connectivity index (χ4v) is 3.13. The van der Waals surface area contributed by atoms with Crippen LogP contribution >= 0.6 is 12.2 Å². The first-order chi connectivity index (χ1) is 14.0. The maximum absolute atomic E-state index is 5.78. The molecule has 3 aromatic rings. The lowest BCUT2D eigenvalue weighted by atomic mass is 10.1. The summed E-state index contributed by atoms with van der Waals surface area (Å²) in [6, 6.07) is 9.74. The van der Waals surface area contributed by atoms with Gasteiger partial charge in [0.1, 0.15) is 18.8 Å². The molecule has 0 saturated carbocycles. The molecule has 0 aliphatic rings. The van der Waals surface area contributed by atoms with Crippen LogP contribution in [0.5, 0.6) is 11.5 Å². The van der Waals surface area contributed by atoms with Crippen molar-refractivity contribution in [2.45, 2.75) is 13.8 Å². The van der Waals surface area contributed by atoms with Crippen molar-refractivity contribution in [2.24, 2.45) is 0 Å². The van der Waals surface area contributed by atoms with Crippen molar-refractivity contribution in [1.29, 1.82) is 0 Å². The van der Waals surface area contributed by atoms with Crippen LogP contribution in [0.2, 0.25) is 0 Å². The largest absolute Gasteiger partial charge is 0.493 e. The van der Waals surface area contributed by atoms with Crippen LogP contribution in [0, 0.1) is 13.8 Å². The van der Waals surface area contributed by atoms with Crippen molar-refractivity contribution in [3.05, 3.63) is 47.8 Å². The molecule has 1 aromatic heterocycles. The van der Waals surface area contributed by atoms with Crippen LogP contribution in [-0.4, -0.2) is 42.5 Å². The highest BCUT2D eigenvalue weighted by molar-refractivity contribution is 7.80. The van der Waals surface area contributed by atoms with Crippen LogP contribution in [0.25, 0.3) is 10.9 Å². The predicted molar refractivity (Wildman–Crippen MR) is 119 cm³/mol. The summed E-state index contributed by atoms with van der Waals surface area (Å²) >= 11 is 5.51. The molecule has 0 atom stereocenters. The highest BCUT2D eigenvalue weighted by Gasteiger charge is 2.13. The third-order valence-corrected chi connectivity index (χ3v) is 4.62. The molecule has 7 nitrogen and oxygen atoms in total. The van der Waals surface area contributed by atoms with E-state index in [2.05, 4.69) is 20.6 Å². The van der Waals surface area contributed by atoms with Crippen LogP contribution in [0.1, 0.15) is 11.1 Å². The van der Waals surface area contributed by atoms with Gasteiger partial charge in [-0.25, -0.2) is 9.97 Å². The van der Waals surface area contributed by atoms with Crippen LogP contribution in [0.15, 0.2) is 36.7 Å². The molecular formula is C21H24N4O3S. The second kappa shape index (κ2) is 9.49. The summed E-state index contributed by atoms with van der Waals surface area (Å²) in [5.41, 5.74) is 3.92. The zero-order valence-corrected chi connectivity index (χ0v) is 17.7. The highest BCUT2D eigenvalue weighted by Crippen LogP contribution is 2.34. The number of fused-ring (bicyclic) bond motifs is 1. The topological polar surface area (TPSA) is 77.5 Å². The number of aryl methyl sites for hydroxylation is 2. The molecule has 3 rings (SSSR count). The van der Waals surface area contributed by atoms with Crippen molar-refractivity contribution >= 4 is 39.7 Å². The molecule has 0 saturated heterocycles. The van der Waals surface area contributed by atoms with E-state index in [-0.39, 0.29) is 0 Å². The molecule has 1 heterocycles. The van der Waals surface area contributed by atoms with E-state index in [1.807, 2.05) is 44.2 Å². The molecule has 0 spiro atoms. The lowest BCUT2D eigenvalue weighted by Gasteiger charge is -2.16. The maximum atomic E-state index is 5.78. The van der Waals surface area contributed by atoms with E-state index in [0.29, 0.717) is 41.2 Å². The molecule has 0 bridgehead atoms. The van der Waals surface area contributed by atoms with Crippen molar-refractivity contribution in [3.63, 3.8) is 0 Å². The van der Waals surface area contributed by atoms with Gasteiger partial charge >= 0.3 is 0 Å². The van der Waals surface area contributed by atoms with Gasteiger partial charge in [0.05, 0.1) is 19.2 Å². The summed E-state index contributed by atoms with van der Waals surface area (Å²) in [7, 11) is 3.22. The summed E-state index contributed by atoms with van der Waals surface area (Å²) in [6.07, 6.45) is 1.48. The number of nitrogens with zero attached hydrogens (tertiary/aromatic N) is 2. The lowest BCUT2D eigenvalue weighted by Crippen LogP contribution is -2.21. The number of aromatic nitrogens is 2. The number of methoxy groups -OCH3 is 2. The first kappa shape index (κ1) is 20.8. The minimum atomic E-state index is 0.404. The summed E-state index contributed by atoms with van der Waals surface area (Å²) < 4.78 is 16.3. The minimum Gasteiger partial charge on any atom is -0.493 e. The molecule has 152 valence electrons. The molecule has 2 aromatic carbocycles. The Morgan fingerprint density at radius 1 is 1.00 bits per heavy atom. The van der Waals surface area contributed by atoms with Crippen LogP contribution < -0.4 is 20.1 Å². The Morgan fingerprint density at radius 3 is 2.45 bits per heavy atom. The monoisotopic (exact) mass is 412 g/mol. The zero-order valence-electron chi connectivity index (χ0n) is 16.9.